The maximum Gasteiger partial charge on any atom is 0.327 e. The van der Waals surface area contributed by atoms with E-state index < -0.39 is 55.6 Å². The zero-order chi connectivity index (χ0) is 27.8. The lowest BCUT2D eigenvalue weighted by Crippen LogP contribution is -2.22. The van der Waals surface area contributed by atoms with Gasteiger partial charge >= 0.3 is 20.2 Å². The Morgan fingerprint density at radius 3 is 1.21 bits per heavy atom. The summed E-state index contributed by atoms with van der Waals surface area (Å²) < 4.78 is 60.9. The summed E-state index contributed by atoms with van der Waals surface area (Å²) in [5, 5.41) is 43.5. The van der Waals surface area contributed by atoms with Crippen LogP contribution in [0, 0.1) is 0 Å². The highest BCUT2D eigenvalue weighted by atomic mass is 32.2. The largest absolute Gasteiger partial charge is 0.492 e. The summed E-state index contributed by atoms with van der Waals surface area (Å²) in [6, 6.07) is 0. The highest BCUT2D eigenvalue weighted by Crippen LogP contribution is 2.60. The monoisotopic (exact) mass is 574 g/mol. The van der Waals surface area contributed by atoms with Crippen LogP contribution in [0.2, 0.25) is 0 Å². The van der Waals surface area contributed by atoms with E-state index in [2.05, 4.69) is 0 Å². The molecule has 3 aliphatic carbocycles. The maximum atomic E-state index is 12.5. The van der Waals surface area contributed by atoms with Crippen molar-refractivity contribution in [3.8, 4) is 23.5 Å². The summed E-state index contributed by atoms with van der Waals surface area (Å²) in [5.41, 5.74) is 0.272. The van der Waals surface area contributed by atoms with Crippen LogP contribution in [0.15, 0.2) is 12.2 Å². The van der Waals surface area contributed by atoms with Gasteiger partial charge in [0.25, 0.3) is 0 Å². The van der Waals surface area contributed by atoms with E-state index in [1.54, 1.807) is 12.2 Å². The van der Waals surface area contributed by atoms with Crippen LogP contribution in [-0.2, 0) is 20.2 Å². The molecule has 0 saturated carbocycles. The van der Waals surface area contributed by atoms with Crippen LogP contribution in [0.5, 0.6) is 23.5 Å². The fourth-order valence-electron chi connectivity index (χ4n) is 5.10. The van der Waals surface area contributed by atoms with E-state index in [1.807, 2.05) is 13.8 Å². The number of aromatic hydroxyl groups is 4. The lowest BCUT2D eigenvalue weighted by Gasteiger charge is -2.30. The minimum atomic E-state index is -4.15. The van der Waals surface area contributed by atoms with Crippen LogP contribution in [-0.4, -0.2) is 58.2 Å². The number of allylic oxidation sites excluding steroid dienone is 2. The summed E-state index contributed by atoms with van der Waals surface area (Å²) in [6.07, 6.45) is 8.79. The number of rotatable bonds is 14. The second-order valence-corrected chi connectivity index (χ2v) is 13.0. The van der Waals surface area contributed by atoms with Gasteiger partial charge in [0.1, 0.15) is 0 Å². The van der Waals surface area contributed by atoms with Crippen molar-refractivity contribution < 1.29 is 45.8 Å². The Balaban J connectivity index is 1.64. The van der Waals surface area contributed by atoms with Gasteiger partial charge in [0.2, 0.25) is 23.5 Å². The van der Waals surface area contributed by atoms with E-state index in [0.717, 1.165) is 25.7 Å². The van der Waals surface area contributed by atoms with Crippen LogP contribution < -0.4 is 8.57 Å². The highest BCUT2D eigenvalue weighted by Gasteiger charge is 2.48. The normalized spacial score (nSPS) is 17.9. The molecule has 4 N–H and O–H groups in total. The summed E-state index contributed by atoms with van der Waals surface area (Å²) >= 11 is 0. The molecule has 3 aliphatic rings. The predicted octanol–water partition coefficient (Wildman–Crippen LogP) is 2.94. The second-order valence-electron chi connectivity index (χ2n) is 9.67. The summed E-state index contributed by atoms with van der Waals surface area (Å²) in [7, 11) is -8.30. The molecule has 0 atom stereocenters. The molecule has 2 aromatic rings. The molecule has 0 amide bonds. The van der Waals surface area contributed by atoms with Gasteiger partial charge in [0, 0.05) is 34.1 Å². The first-order valence-corrected chi connectivity index (χ1v) is 16.0. The van der Waals surface area contributed by atoms with Gasteiger partial charge in [-0.3, -0.25) is 8.57 Å². The third-order valence-corrected chi connectivity index (χ3v) is 9.26. The minimum Gasteiger partial charge on any atom is -0.492 e. The van der Waals surface area contributed by atoms with Crippen molar-refractivity contribution in [2.45, 2.75) is 77.0 Å². The standard InChI is InChI=1S/C24H34N2O10S2/c1-3-5-7-9-13-37(31,32)35-25-21(27)17-15-11-12-16(18(17)22(25)28)20-19(15)23(29)26(24(20)30)36-38(33,34)14-10-8-6-4-2/h11-12,15-16,27-30H,3-10,13-14H2,1-2H3. The third kappa shape index (κ3) is 5.03. The smallest absolute Gasteiger partial charge is 0.327 e. The summed E-state index contributed by atoms with van der Waals surface area (Å²) in [4.78, 5) is 0. The quantitative estimate of drug-likeness (QED) is 0.194. The Kier molecular flexibility index (Phi) is 7.84. The molecule has 0 unspecified atom stereocenters. The fraction of sp³-hybridized carbons (Fsp3) is 0.583. The van der Waals surface area contributed by atoms with Crippen molar-refractivity contribution in [1.29, 1.82) is 0 Å². The van der Waals surface area contributed by atoms with Crippen molar-refractivity contribution in [3.63, 3.8) is 0 Å². The van der Waals surface area contributed by atoms with Crippen molar-refractivity contribution in [3.05, 3.63) is 34.4 Å². The summed E-state index contributed by atoms with van der Waals surface area (Å²) in [6.45, 7) is 3.98. The van der Waals surface area contributed by atoms with Crippen LogP contribution in [0.25, 0.3) is 0 Å². The first kappa shape index (κ1) is 28.0. The molecule has 0 fully saturated rings. The Morgan fingerprint density at radius 1 is 0.605 bits per heavy atom. The molecule has 0 aliphatic heterocycles. The van der Waals surface area contributed by atoms with E-state index in [9.17, 15) is 37.3 Å². The van der Waals surface area contributed by atoms with Gasteiger partial charge in [0.15, 0.2) is 0 Å². The van der Waals surface area contributed by atoms with E-state index in [-0.39, 0.29) is 33.8 Å². The maximum absolute atomic E-state index is 12.5. The van der Waals surface area contributed by atoms with Crippen molar-refractivity contribution in [2.75, 3.05) is 11.5 Å². The Morgan fingerprint density at radius 2 is 0.921 bits per heavy atom. The third-order valence-electron chi connectivity index (χ3n) is 6.93. The lowest BCUT2D eigenvalue weighted by molar-refractivity contribution is 0.199. The highest BCUT2D eigenvalue weighted by molar-refractivity contribution is 7.87. The van der Waals surface area contributed by atoms with E-state index in [0.29, 0.717) is 35.1 Å². The van der Waals surface area contributed by atoms with Crippen molar-refractivity contribution >= 4 is 20.2 Å². The van der Waals surface area contributed by atoms with E-state index in [4.69, 9.17) is 8.57 Å². The Bertz CT molecular complexity index is 1270. The first-order chi connectivity index (χ1) is 17.9. The van der Waals surface area contributed by atoms with Gasteiger partial charge in [-0.25, -0.2) is 0 Å². The van der Waals surface area contributed by atoms with Crippen LogP contribution in [0.4, 0.5) is 0 Å². The molecule has 38 heavy (non-hydrogen) atoms. The van der Waals surface area contributed by atoms with Gasteiger partial charge in [-0.15, -0.1) is 0 Å². The van der Waals surface area contributed by atoms with Gasteiger partial charge in [0.05, 0.1) is 11.5 Å². The Labute approximate surface area is 221 Å². The number of nitrogens with zero attached hydrogens (tertiary/aromatic N) is 2. The molecular formula is C24H34N2O10S2. The van der Waals surface area contributed by atoms with Crippen LogP contribution in [0.1, 0.15) is 99.3 Å². The molecular weight excluding hydrogens is 540 g/mol. The van der Waals surface area contributed by atoms with Gasteiger partial charge in [-0.05, 0) is 12.8 Å². The molecule has 0 saturated heterocycles. The zero-order valence-corrected chi connectivity index (χ0v) is 23.0. The molecule has 0 aromatic carbocycles. The Hall–Kier alpha value is -3.00. The summed E-state index contributed by atoms with van der Waals surface area (Å²) in [5.74, 6) is -5.25. The lowest BCUT2D eigenvalue weighted by atomic mass is 9.70. The van der Waals surface area contributed by atoms with Gasteiger partial charge in [-0.1, -0.05) is 74.0 Å². The molecule has 0 radical (unpaired) electrons. The first-order valence-electron chi connectivity index (χ1n) is 12.8. The molecule has 2 aromatic heterocycles. The molecule has 212 valence electrons. The molecule has 0 spiro atoms. The van der Waals surface area contributed by atoms with Gasteiger partial charge in [-0.2, -0.15) is 16.8 Å². The van der Waals surface area contributed by atoms with E-state index >= 15 is 0 Å². The van der Waals surface area contributed by atoms with E-state index in [1.165, 1.54) is 0 Å². The number of hydrogen-bond donors (Lipinski definition) is 4. The SMILES string of the molecule is CCCCCCS(=O)(=O)On1c(O)c2c(c1O)C1C=CC2c2c1c(O)n(OS(=O)(=O)CCCCCC)c2O. The fourth-order valence-corrected chi connectivity index (χ4v) is 7.10. The predicted molar refractivity (Wildman–Crippen MR) is 137 cm³/mol. The zero-order valence-electron chi connectivity index (χ0n) is 21.3. The van der Waals surface area contributed by atoms with Crippen molar-refractivity contribution in [1.82, 2.24) is 9.46 Å². The minimum absolute atomic E-state index is 0.0681. The second kappa shape index (κ2) is 10.6. The average molecular weight is 575 g/mol. The molecule has 14 heteroatoms. The number of unbranched alkanes of at least 4 members (excludes halogenated alkanes) is 6. The molecule has 12 nitrogen and oxygen atoms in total. The molecule has 2 heterocycles. The molecule has 2 bridgehead atoms. The van der Waals surface area contributed by atoms with Crippen LogP contribution in [0.3, 0.4) is 0 Å². The topological polar surface area (TPSA) is 178 Å². The average Bonchev–Trinajstić information content (AvgIpc) is 3.27. The van der Waals surface area contributed by atoms with Gasteiger partial charge < -0.3 is 20.4 Å². The van der Waals surface area contributed by atoms with Crippen LogP contribution >= 0.6 is 0 Å². The van der Waals surface area contributed by atoms with Crippen molar-refractivity contribution in [2.24, 2.45) is 0 Å². The number of hydrogen-bond acceptors (Lipinski definition) is 10. The number of aromatic nitrogens is 2. The molecule has 5 rings (SSSR count).